The third-order valence-electron chi connectivity index (χ3n) is 4.37. The molecule has 1 fully saturated rings. The third-order valence-corrected chi connectivity index (χ3v) is 4.37. The maximum atomic E-state index is 13.0. The molecular weight excluding hydrogens is 316 g/mol. The van der Waals surface area contributed by atoms with Crippen molar-refractivity contribution in [2.75, 3.05) is 9.80 Å². The first kappa shape index (κ1) is 16.9. The van der Waals surface area contributed by atoms with Gasteiger partial charge in [0.15, 0.2) is 0 Å². The van der Waals surface area contributed by atoms with Gasteiger partial charge in [-0.15, -0.1) is 0 Å². The summed E-state index contributed by atoms with van der Waals surface area (Å²) in [5.74, 6) is -0.995. The van der Waals surface area contributed by atoms with Gasteiger partial charge in [0.25, 0.3) is 0 Å². The van der Waals surface area contributed by atoms with Gasteiger partial charge in [0.05, 0.1) is 11.4 Å². The SMILES string of the molecule is Cc1ccc(N2C(=O)CC(=O)N(c3ccc(C)cc3C)C2=O)c(C)c1. The fourth-order valence-electron chi connectivity index (χ4n) is 3.19. The van der Waals surface area contributed by atoms with Crippen LogP contribution in [0.5, 0.6) is 0 Å². The number of nitrogens with zero attached hydrogens (tertiary/aromatic N) is 2. The van der Waals surface area contributed by atoms with E-state index in [9.17, 15) is 14.4 Å². The Kier molecular flexibility index (Phi) is 4.17. The molecule has 128 valence electrons. The smallest absolute Gasteiger partial charge is 0.273 e. The first-order valence-corrected chi connectivity index (χ1v) is 8.14. The molecule has 3 rings (SSSR count). The minimum atomic E-state index is -0.625. The van der Waals surface area contributed by atoms with Crippen LogP contribution in [0, 0.1) is 27.7 Å². The molecular formula is C20H20N2O3. The molecule has 0 N–H and O–H groups in total. The van der Waals surface area contributed by atoms with Gasteiger partial charge in [-0.3, -0.25) is 9.59 Å². The maximum Gasteiger partial charge on any atom is 0.342 e. The topological polar surface area (TPSA) is 57.7 Å². The number of carbonyl (C=O) groups is 3. The second-order valence-corrected chi connectivity index (χ2v) is 6.50. The standard InChI is InChI=1S/C20H20N2O3/c1-12-5-7-16(14(3)9-12)21-18(23)11-19(24)22(20(21)25)17-8-6-13(2)10-15(17)4/h5-10H,11H2,1-4H3. The molecule has 2 aromatic rings. The molecule has 1 saturated heterocycles. The molecule has 0 aliphatic carbocycles. The van der Waals surface area contributed by atoms with Crippen molar-refractivity contribution in [2.24, 2.45) is 0 Å². The van der Waals surface area contributed by atoms with Gasteiger partial charge in [-0.2, -0.15) is 0 Å². The summed E-state index contributed by atoms with van der Waals surface area (Å²) < 4.78 is 0. The summed E-state index contributed by atoms with van der Waals surface area (Å²) in [5, 5.41) is 0. The number of anilines is 2. The van der Waals surface area contributed by atoms with E-state index >= 15 is 0 Å². The van der Waals surface area contributed by atoms with Crippen LogP contribution in [0.4, 0.5) is 16.2 Å². The van der Waals surface area contributed by atoms with Crippen molar-refractivity contribution in [2.45, 2.75) is 34.1 Å². The molecule has 0 aromatic heterocycles. The predicted octanol–water partition coefficient (Wildman–Crippen LogP) is 3.81. The summed E-state index contributed by atoms with van der Waals surface area (Å²) in [4.78, 5) is 40.1. The van der Waals surface area contributed by atoms with Gasteiger partial charge in [0.1, 0.15) is 6.42 Å². The molecule has 0 bridgehead atoms. The molecule has 5 heteroatoms. The Morgan fingerprint density at radius 2 is 1.08 bits per heavy atom. The molecule has 25 heavy (non-hydrogen) atoms. The predicted molar refractivity (Wildman–Crippen MR) is 96.8 cm³/mol. The van der Waals surface area contributed by atoms with Gasteiger partial charge in [-0.25, -0.2) is 14.6 Å². The summed E-state index contributed by atoms with van der Waals surface area (Å²) in [6, 6.07) is 10.4. The number of benzene rings is 2. The lowest BCUT2D eigenvalue weighted by Gasteiger charge is -2.34. The molecule has 0 saturated carbocycles. The lowest BCUT2D eigenvalue weighted by atomic mass is 10.1. The van der Waals surface area contributed by atoms with Crippen molar-refractivity contribution >= 4 is 29.2 Å². The van der Waals surface area contributed by atoms with E-state index < -0.39 is 17.8 Å². The molecule has 0 spiro atoms. The van der Waals surface area contributed by atoms with Gasteiger partial charge in [-0.05, 0) is 51.0 Å². The highest BCUT2D eigenvalue weighted by molar-refractivity contribution is 6.35. The van der Waals surface area contributed by atoms with Crippen LogP contribution in [0.2, 0.25) is 0 Å². The van der Waals surface area contributed by atoms with Crippen LogP contribution in [0.1, 0.15) is 28.7 Å². The molecule has 0 radical (unpaired) electrons. The Hall–Kier alpha value is -2.95. The number of carbonyl (C=O) groups excluding carboxylic acids is 3. The lowest BCUT2D eigenvalue weighted by molar-refractivity contribution is -0.126. The highest BCUT2D eigenvalue weighted by atomic mass is 16.2. The van der Waals surface area contributed by atoms with Crippen LogP contribution in [0.3, 0.4) is 0 Å². The average Bonchev–Trinajstić information content (AvgIpc) is 2.51. The van der Waals surface area contributed by atoms with Crippen molar-refractivity contribution in [3.05, 3.63) is 58.7 Å². The van der Waals surface area contributed by atoms with Gasteiger partial charge >= 0.3 is 6.03 Å². The van der Waals surface area contributed by atoms with Crippen molar-refractivity contribution < 1.29 is 14.4 Å². The van der Waals surface area contributed by atoms with E-state index in [-0.39, 0.29) is 6.42 Å². The Labute approximate surface area is 146 Å². The molecule has 4 amide bonds. The summed E-state index contributed by atoms with van der Waals surface area (Å²) in [5.41, 5.74) is 4.75. The minimum Gasteiger partial charge on any atom is -0.273 e. The first-order valence-electron chi connectivity index (χ1n) is 8.14. The summed E-state index contributed by atoms with van der Waals surface area (Å²) >= 11 is 0. The number of barbiturate groups is 1. The van der Waals surface area contributed by atoms with Crippen molar-refractivity contribution in [1.29, 1.82) is 0 Å². The molecule has 0 unspecified atom stereocenters. The van der Waals surface area contributed by atoms with E-state index in [4.69, 9.17) is 0 Å². The van der Waals surface area contributed by atoms with Crippen molar-refractivity contribution in [3.63, 3.8) is 0 Å². The number of aryl methyl sites for hydroxylation is 4. The molecule has 0 atom stereocenters. The van der Waals surface area contributed by atoms with Crippen LogP contribution in [-0.4, -0.2) is 17.8 Å². The number of hydrogen-bond acceptors (Lipinski definition) is 3. The fourth-order valence-corrected chi connectivity index (χ4v) is 3.19. The third kappa shape index (κ3) is 2.93. The number of imide groups is 2. The number of hydrogen-bond donors (Lipinski definition) is 0. The maximum absolute atomic E-state index is 13.0. The highest BCUT2D eigenvalue weighted by Crippen LogP contribution is 2.30. The van der Waals surface area contributed by atoms with Crippen LogP contribution >= 0.6 is 0 Å². The van der Waals surface area contributed by atoms with E-state index in [0.717, 1.165) is 32.1 Å². The number of urea groups is 1. The van der Waals surface area contributed by atoms with Crippen LogP contribution < -0.4 is 9.80 Å². The summed E-state index contributed by atoms with van der Waals surface area (Å²) in [7, 11) is 0. The van der Waals surface area contributed by atoms with Gasteiger partial charge in [0, 0.05) is 0 Å². The Bertz CT molecular complexity index is 830. The molecule has 1 aliphatic rings. The highest BCUT2D eigenvalue weighted by Gasteiger charge is 2.40. The van der Waals surface area contributed by atoms with E-state index in [1.54, 1.807) is 12.1 Å². The van der Waals surface area contributed by atoms with Gasteiger partial charge in [-0.1, -0.05) is 35.4 Å². The average molecular weight is 336 g/mol. The van der Waals surface area contributed by atoms with Crippen LogP contribution in [0.25, 0.3) is 0 Å². The van der Waals surface area contributed by atoms with Crippen molar-refractivity contribution in [1.82, 2.24) is 0 Å². The zero-order chi connectivity index (χ0) is 18.3. The Morgan fingerprint density at radius 3 is 1.44 bits per heavy atom. The fraction of sp³-hybridized carbons (Fsp3) is 0.250. The Morgan fingerprint density at radius 1 is 0.680 bits per heavy atom. The van der Waals surface area contributed by atoms with Gasteiger partial charge < -0.3 is 0 Å². The molecule has 5 nitrogen and oxygen atoms in total. The normalized spacial score (nSPS) is 15.1. The van der Waals surface area contributed by atoms with E-state index in [1.165, 1.54) is 0 Å². The molecule has 2 aromatic carbocycles. The van der Waals surface area contributed by atoms with E-state index in [0.29, 0.717) is 11.4 Å². The molecule has 1 heterocycles. The Balaban J connectivity index is 2.08. The zero-order valence-electron chi connectivity index (χ0n) is 14.8. The second kappa shape index (κ2) is 6.16. The minimum absolute atomic E-state index is 0.327. The van der Waals surface area contributed by atoms with E-state index in [1.807, 2.05) is 52.0 Å². The van der Waals surface area contributed by atoms with Crippen LogP contribution in [-0.2, 0) is 9.59 Å². The first-order chi connectivity index (χ1) is 11.8. The lowest BCUT2D eigenvalue weighted by Crippen LogP contribution is -2.56. The summed E-state index contributed by atoms with van der Waals surface area (Å²) in [6.07, 6.45) is -0.327. The number of amides is 4. The van der Waals surface area contributed by atoms with Gasteiger partial charge in [0.2, 0.25) is 11.8 Å². The number of rotatable bonds is 2. The van der Waals surface area contributed by atoms with Crippen LogP contribution in [0.15, 0.2) is 36.4 Å². The van der Waals surface area contributed by atoms with Crippen molar-refractivity contribution in [3.8, 4) is 0 Å². The second-order valence-electron chi connectivity index (χ2n) is 6.50. The van der Waals surface area contributed by atoms with E-state index in [2.05, 4.69) is 0 Å². The quantitative estimate of drug-likeness (QED) is 0.784. The largest absolute Gasteiger partial charge is 0.342 e. The molecule has 1 aliphatic heterocycles. The zero-order valence-corrected chi connectivity index (χ0v) is 14.8. The monoisotopic (exact) mass is 336 g/mol. The summed E-state index contributed by atoms with van der Waals surface area (Å²) in [6.45, 7) is 7.59.